The number of fused-ring (bicyclic) bond motifs is 1. The van der Waals surface area contributed by atoms with Gasteiger partial charge in [-0.15, -0.1) is 0 Å². The number of carbonyl (C=O) groups is 2. The molecule has 2 amide bonds. The fourth-order valence-corrected chi connectivity index (χ4v) is 2.24. The molecule has 1 unspecified atom stereocenters. The van der Waals surface area contributed by atoms with Gasteiger partial charge in [-0.25, -0.2) is 14.8 Å². The van der Waals surface area contributed by atoms with Crippen LogP contribution in [0.15, 0.2) is 59.9 Å². The van der Waals surface area contributed by atoms with Gasteiger partial charge in [-0.05, 0) is 24.6 Å². The Bertz CT molecular complexity index is 714. The third-order valence-electron chi connectivity index (χ3n) is 3.39. The zero-order chi connectivity index (χ0) is 16.1. The molecule has 1 aromatic heterocycles. The number of dihydropyridines is 1. The van der Waals surface area contributed by atoms with E-state index in [-0.39, 0.29) is 17.9 Å². The Morgan fingerprint density at radius 1 is 1.35 bits per heavy atom. The molecular formula is C16H16N4O3. The van der Waals surface area contributed by atoms with Crippen molar-refractivity contribution in [1.29, 1.82) is 0 Å². The summed E-state index contributed by atoms with van der Waals surface area (Å²) in [7, 11) is 0. The highest BCUT2D eigenvalue weighted by Crippen LogP contribution is 2.20. The van der Waals surface area contributed by atoms with E-state index >= 15 is 0 Å². The van der Waals surface area contributed by atoms with Crippen molar-refractivity contribution in [2.45, 2.75) is 6.42 Å². The van der Waals surface area contributed by atoms with Gasteiger partial charge in [0.1, 0.15) is 12.1 Å². The van der Waals surface area contributed by atoms with Crippen LogP contribution in [0.4, 0.5) is 4.79 Å². The Morgan fingerprint density at radius 2 is 2.26 bits per heavy atom. The molecule has 0 saturated carbocycles. The quantitative estimate of drug-likeness (QED) is 0.834. The van der Waals surface area contributed by atoms with Gasteiger partial charge in [-0.1, -0.05) is 6.08 Å². The number of amides is 2. The lowest BCUT2D eigenvalue weighted by atomic mass is 9.95. The lowest BCUT2D eigenvalue weighted by Crippen LogP contribution is -2.29. The normalized spacial score (nSPS) is 19.0. The molecule has 3 rings (SSSR count). The van der Waals surface area contributed by atoms with Gasteiger partial charge in [-0.3, -0.25) is 9.36 Å². The standard InChI is InChI=1S/C16H16N4O3/c21-15-5-2-12-10-13(3-4-14(12)19-15)23-9-1-6-18-16(22)20-8-7-17-11-20/h2-5,7-8,10-12H,1,6,9H2,(H,18,22). The molecule has 0 spiro atoms. The van der Waals surface area contributed by atoms with Crippen molar-refractivity contribution in [2.24, 2.45) is 10.9 Å². The number of allylic oxidation sites excluding steroid dienone is 4. The van der Waals surface area contributed by atoms with Crippen molar-refractivity contribution in [3.8, 4) is 0 Å². The first-order chi connectivity index (χ1) is 11.2. The Labute approximate surface area is 133 Å². The number of hydrogen-bond donors (Lipinski definition) is 1. The topological polar surface area (TPSA) is 85.6 Å². The SMILES string of the molecule is O=C1C=CC2C=C(OCCCNC(=O)n3ccnc3)C=CC2=N1. The minimum Gasteiger partial charge on any atom is -0.494 e. The molecule has 2 heterocycles. The number of ether oxygens (including phenoxy) is 1. The van der Waals surface area contributed by atoms with Crippen molar-refractivity contribution in [2.75, 3.05) is 13.2 Å². The third kappa shape index (κ3) is 3.82. The summed E-state index contributed by atoms with van der Waals surface area (Å²) in [6, 6.07) is -0.211. The molecule has 7 heteroatoms. The number of hydrogen-bond acceptors (Lipinski definition) is 4. The van der Waals surface area contributed by atoms with Crippen LogP contribution in [-0.4, -0.2) is 40.4 Å². The molecule has 1 aliphatic heterocycles. The van der Waals surface area contributed by atoms with Crippen LogP contribution in [0.3, 0.4) is 0 Å². The Morgan fingerprint density at radius 3 is 3.09 bits per heavy atom. The average Bonchev–Trinajstić information content (AvgIpc) is 3.09. The van der Waals surface area contributed by atoms with E-state index < -0.39 is 0 Å². The maximum absolute atomic E-state index is 11.7. The minimum absolute atomic E-state index is 0.00589. The number of aliphatic imine (C=N–C) groups is 1. The van der Waals surface area contributed by atoms with E-state index in [2.05, 4.69) is 15.3 Å². The van der Waals surface area contributed by atoms with Crippen LogP contribution >= 0.6 is 0 Å². The van der Waals surface area contributed by atoms with Gasteiger partial charge in [0.2, 0.25) is 0 Å². The first-order valence-electron chi connectivity index (χ1n) is 7.32. The maximum Gasteiger partial charge on any atom is 0.326 e. The second kappa shape index (κ2) is 6.87. The van der Waals surface area contributed by atoms with Crippen LogP contribution in [0, 0.1) is 5.92 Å². The largest absolute Gasteiger partial charge is 0.494 e. The van der Waals surface area contributed by atoms with Crippen LogP contribution in [0.2, 0.25) is 0 Å². The molecule has 0 fully saturated rings. The van der Waals surface area contributed by atoms with Gasteiger partial charge in [-0.2, -0.15) is 0 Å². The van der Waals surface area contributed by atoms with E-state index in [9.17, 15) is 9.59 Å². The van der Waals surface area contributed by atoms with Crippen molar-refractivity contribution >= 4 is 17.6 Å². The zero-order valence-electron chi connectivity index (χ0n) is 12.4. The molecule has 0 saturated heterocycles. The van der Waals surface area contributed by atoms with Crippen LogP contribution < -0.4 is 5.32 Å². The highest BCUT2D eigenvalue weighted by atomic mass is 16.5. The van der Waals surface area contributed by atoms with Gasteiger partial charge in [0.25, 0.3) is 5.91 Å². The lowest BCUT2D eigenvalue weighted by molar-refractivity contribution is -0.113. The van der Waals surface area contributed by atoms with Gasteiger partial charge in [0, 0.05) is 30.9 Å². The molecule has 1 atom stereocenters. The summed E-state index contributed by atoms with van der Waals surface area (Å²) in [5.74, 6) is 0.509. The van der Waals surface area contributed by atoms with E-state index in [0.29, 0.717) is 19.6 Å². The lowest BCUT2D eigenvalue weighted by Gasteiger charge is -2.18. The molecule has 2 aliphatic rings. The first kappa shape index (κ1) is 15.0. The fourth-order valence-electron chi connectivity index (χ4n) is 2.24. The molecular weight excluding hydrogens is 296 g/mol. The van der Waals surface area contributed by atoms with E-state index in [4.69, 9.17) is 4.74 Å². The minimum atomic E-state index is -0.229. The smallest absolute Gasteiger partial charge is 0.326 e. The molecule has 0 radical (unpaired) electrons. The number of carbonyl (C=O) groups excluding carboxylic acids is 2. The van der Waals surface area contributed by atoms with Crippen molar-refractivity contribution in [3.05, 3.63) is 54.9 Å². The summed E-state index contributed by atoms with van der Waals surface area (Å²) in [5, 5.41) is 2.77. The summed E-state index contributed by atoms with van der Waals surface area (Å²) < 4.78 is 7.04. The van der Waals surface area contributed by atoms with E-state index in [0.717, 1.165) is 11.5 Å². The van der Waals surface area contributed by atoms with Crippen molar-refractivity contribution in [1.82, 2.24) is 14.9 Å². The second-order valence-corrected chi connectivity index (χ2v) is 5.07. The fraction of sp³-hybridized carbons (Fsp3) is 0.250. The molecule has 7 nitrogen and oxygen atoms in total. The Hall–Kier alpha value is -2.96. The van der Waals surface area contributed by atoms with Gasteiger partial charge in [0.15, 0.2) is 0 Å². The summed E-state index contributed by atoms with van der Waals surface area (Å²) in [5.41, 5.74) is 0.734. The summed E-state index contributed by atoms with van der Waals surface area (Å²) in [6.07, 6.45) is 14.1. The average molecular weight is 312 g/mol. The third-order valence-corrected chi connectivity index (χ3v) is 3.39. The predicted molar refractivity (Wildman–Crippen MR) is 83.9 cm³/mol. The van der Waals surface area contributed by atoms with Gasteiger partial charge in [0.05, 0.1) is 12.3 Å². The molecule has 23 heavy (non-hydrogen) atoms. The summed E-state index contributed by atoms with van der Waals surface area (Å²) >= 11 is 0. The summed E-state index contributed by atoms with van der Waals surface area (Å²) in [6.45, 7) is 1.00. The first-order valence-corrected chi connectivity index (χ1v) is 7.32. The van der Waals surface area contributed by atoms with Gasteiger partial charge < -0.3 is 10.1 Å². The van der Waals surface area contributed by atoms with E-state index in [1.165, 1.54) is 17.0 Å². The van der Waals surface area contributed by atoms with Crippen LogP contribution in [0.5, 0.6) is 0 Å². The Balaban J connectivity index is 1.39. The Kier molecular flexibility index (Phi) is 4.46. The predicted octanol–water partition coefficient (Wildman–Crippen LogP) is 1.45. The van der Waals surface area contributed by atoms with Crippen molar-refractivity contribution < 1.29 is 14.3 Å². The number of aromatic nitrogens is 2. The monoisotopic (exact) mass is 312 g/mol. The highest BCUT2D eigenvalue weighted by molar-refractivity contribution is 6.11. The molecule has 1 N–H and O–H groups in total. The molecule has 118 valence electrons. The summed E-state index contributed by atoms with van der Waals surface area (Å²) in [4.78, 5) is 30.6. The number of imidazole rings is 1. The van der Waals surface area contributed by atoms with Crippen molar-refractivity contribution in [3.63, 3.8) is 0 Å². The second-order valence-electron chi connectivity index (χ2n) is 5.07. The molecule has 1 aromatic rings. The number of nitrogens with one attached hydrogen (secondary N) is 1. The number of nitrogens with zero attached hydrogens (tertiary/aromatic N) is 3. The van der Waals surface area contributed by atoms with Crippen LogP contribution in [0.1, 0.15) is 6.42 Å². The number of rotatable bonds is 5. The van der Waals surface area contributed by atoms with Crippen LogP contribution in [-0.2, 0) is 9.53 Å². The van der Waals surface area contributed by atoms with Gasteiger partial charge >= 0.3 is 6.03 Å². The highest BCUT2D eigenvalue weighted by Gasteiger charge is 2.18. The molecule has 0 aromatic carbocycles. The molecule has 1 aliphatic carbocycles. The molecule has 0 bridgehead atoms. The zero-order valence-corrected chi connectivity index (χ0v) is 12.4. The van der Waals surface area contributed by atoms with E-state index in [1.54, 1.807) is 24.5 Å². The van der Waals surface area contributed by atoms with E-state index in [1.807, 2.05) is 12.2 Å². The maximum atomic E-state index is 11.7. The van der Waals surface area contributed by atoms with Crippen LogP contribution in [0.25, 0.3) is 0 Å².